The Morgan fingerprint density at radius 3 is 2.56 bits per heavy atom. The van der Waals surface area contributed by atoms with Gasteiger partial charge < -0.3 is 5.11 Å². The number of hydrogen-bond donors (Lipinski definition) is 1. The van der Waals surface area contributed by atoms with Crippen LogP contribution < -0.4 is 0 Å². The van der Waals surface area contributed by atoms with Gasteiger partial charge in [-0.3, -0.25) is 4.79 Å². The standard InChI is InChI=1S/C16H26O2/c1-5-6-7-8-11-15(17)13-14(2)10-9-12-16(3,4)18/h5-8,11,14,18H,1,9-10,12-13H2,2-4H3. The van der Waals surface area contributed by atoms with E-state index in [1.165, 1.54) is 0 Å². The van der Waals surface area contributed by atoms with Crippen molar-refractivity contribution < 1.29 is 9.90 Å². The monoisotopic (exact) mass is 250 g/mol. The van der Waals surface area contributed by atoms with Gasteiger partial charge in [0.2, 0.25) is 0 Å². The lowest BCUT2D eigenvalue weighted by Crippen LogP contribution is -2.18. The Hall–Kier alpha value is -1.15. The second-order valence-corrected chi connectivity index (χ2v) is 5.46. The SMILES string of the molecule is C=CC=CC=CC(=O)CC(C)CCCC(C)(C)O. The summed E-state index contributed by atoms with van der Waals surface area (Å²) >= 11 is 0. The third-order valence-corrected chi connectivity index (χ3v) is 2.68. The van der Waals surface area contributed by atoms with Gasteiger partial charge in [0, 0.05) is 6.42 Å². The Morgan fingerprint density at radius 2 is 2.00 bits per heavy atom. The van der Waals surface area contributed by atoms with E-state index in [0.717, 1.165) is 19.3 Å². The van der Waals surface area contributed by atoms with Gasteiger partial charge in [0.1, 0.15) is 0 Å². The average Bonchev–Trinajstić information content (AvgIpc) is 2.22. The largest absolute Gasteiger partial charge is 0.390 e. The van der Waals surface area contributed by atoms with E-state index in [2.05, 4.69) is 13.5 Å². The third-order valence-electron chi connectivity index (χ3n) is 2.68. The lowest BCUT2D eigenvalue weighted by Gasteiger charge is -2.17. The molecule has 18 heavy (non-hydrogen) atoms. The Balaban J connectivity index is 3.83. The summed E-state index contributed by atoms with van der Waals surface area (Å²) in [6.45, 7) is 9.27. The van der Waals surface area contributed by atoms with Gasteiger partial charge in [-0.1, -0.05) is 50.6 Å². The van der Waals surface area contributed by atoms with Gasteiger partial charge in [-0.15, -0.1) is 0 Å². The minimum atomic E-state index is -0.598. The van der Waals surface area contributed by atoms with E-state index in [1.54, 1.807) is 30.4 Å². The number of carbonyl (C=O) groups is 1. The highest BCUT2D eigenvalue weighted by Gasteiger charge is 2.13. The van der Waals surface area contributed by atoms with Crippen molar-refractivity contribution in [3.05, 3.63) is 37.0 Å². The van der Waals surface area contributed by atoms with Crippen molar-refractivity contribution in [2.75, 3.05) is 0 Å². The molecule has 0 amide bonds. The zero-order valence-electron chi connectivity index (χ0n) is 11.9. The molecule has 0 saturated carbocycles. The molecule has 0 aliphatic rings. The number of allylic oxidation sites excluding steroid dienone is 5. The first-order chi connectivity index (χ1) is 8.35. The molecule has 0 aromatic rings. The Labute approximate surface area is 111 Å². The summed E-state index contributed by atoms with van der Waals surface area (Å²) in [5.41, 5.74) is -0.598. The van der Waals surface area contributed by atoms with E-state index < -0.39 is 5.60 Å². The molecule has 1 N–H and O–H groups in total. The number of rotatable bonds is 9. The van der Waals surface area contributed by atoms with E-state index in [-0.39, 0.29) is 5.78 Å². The maximum atomic E-state index is 11.6. The van der Waals surface area contributed by atoms with Gasteiger partial charge in [0.25, 0.3) is 0 Å². The summed E-state index contributed by atoms with van der Waals surface area (Å²) in [6.07, 6.45) is 11.9. The van der Waals surface area contributed by atoms with E-state index in [1.807, 2.05) is 13.8 Å². The van der Waals surface area contributed by atoms with Gasteiger partial charge >= 0.3 is 0 Å². The van der Waals surface area contributed by atoms with Gasteiger partial charge in [-0.05, 0) is 32.3 Å². The maximum absolute atomic E-state index is 11.6. The van der Waals surface area contributed by atoms with Crippen LogP contribution in [-0.2, 0) is 4.79 Å². The van der Waals surface area contributed by atoms with Crippen LogP contribution in [0.2, 0.25) is 0 Å². The highest BCUT2D eigenvalue weighted by Crippen LogP contribution is 2.17. The molecule has 1 unspecified atom stereocenters. The highest BCUT2D eigenvalue weighted by molar-refractivity contribution is 5.89. The average molecular weight is 250 g/mol. The molecule has 0 fully saturated rings. The fourth-order valence-electron chi connectivity index (χ4n) is 1.70. The lowest BCUT2D eigenvalue weighted by atomic mass is 9.94. The zero-order chi connectivity index (χ0) is 14.0. The van der Waals surface area contributed by atoms with Crippen LogP contribution in [0, 0.1) is 5.92 Å². The quantitative estimate of drug-likeness (QED) is 0.499. The van der Waals surface area contributed by atoms with Crippen molar-refractivity contribution in [1.82, 2.24) is 0 Å². The molecule has 0 bridgehead atoms. The number of aliphatic hydroxyl groups is 1. The Morgan fingerprint density at radius 1 is 1.33 bits per heavy atom. The molecule has 0 aliphatic carbocycles. The molecule has 0 heterocycles. The van der Waals surface area contributed by atoms with E-state index in [0.29, 0.717) is 12.3 Å². The highest BCUT2D eigenvalue weighted by atomic mass is 16.3. The number of carbonyl (C=O) groups excluding carboxylic acids is 1. The predicted molar refractivity (Wildman–Crippen MR) is 77.4 cm³/mol. The molecule has 0 aromatic carbocycles. The predicted octanol–water partition coefficient (Wildman–Crippen LogP) is 3.82. The van der Waals surface area contributed by atoms with Crippen LogP contribution in [0.15, 0.2) is 37.0 Å². The first kappa shape index (κ1) is 16.9. The van der Waals surface area contributed by atoms with E-state index in [4.69, 9.17) is 0 Å². The minimum Gasteiger partial charge on any atom is -0.390 e. The van der Waals surface area contributed by atoms with Crippen molar-refractivity contribution in [2.45, 2.75) is 52.1 Å². The lowest BCUT2D eigenvalue weighted by molar-refractivity contribution is -0.115. The zero-order valence-corrected chi connectivity index (χ0v) is 11.9. The molecule has 0 saturated heterocycles. The van der Waals surface area contributed by atoms with Crippen LogP contribution in [0.3, 0.4) is 0 Å². The molecule has 1 atom stereocenters. The van der Waals surface area contributed by atoms with Crippen molar-refractivity contribution in [3.63, 3.8) is 0 Å². The van der Waals surface area contributed by atoms with Gasteiger partial charge in [0.15, 0.2) is 5.78 Å². The summed E-state index contributed by atoms with van der Waals surface area (Å²) in [5.74, 6) is 0.521. The second-order valence-electron chi connectivity index (χ2n) is 5.46. The molecule has 2 heteroatoms. The van der Waals surface area contributed by atoms with Crippen molar-refractivity contribution in [3.8, 4) is 0 Å². The smallest absolute Gasteiger partial charge is 0.155 e. The number of hydrogen-bond acceptors (Lipinski definition) is 2. The molecule has 0 rings (SSSR count). The summed E-state index contributed by atoms with van der Waals surface area (Å²) in [5, 5.41) is 9.59. The third kappa shape index (κ3) is 11.3. The van der Waals surface area contributed by atoms with Crippen molar-refractivity contribution in [2.24, 2.45) is 5.92 Å². The Kier molecular flexibility index (Phi) is 8.30. The van der Waals surface area contributed by atoms with Crippen LogP contribution >= 0.6 is 0 Å². The fourth-order valence-corrected chi connectivity index (χ4v) is 1.70. The van der Waals surface area contributed by atoms with Crippen molar-refractivity contribution in [1.29, 1.82) is 0 Å². The summed E-state index contributed by atoms with van der Waals surface area (Å²) in [6, 6.07) is 0. The maximum Gasteiger partial charge on any atom is 0.155 e. The number of ketones is 1. The minimum absolute atomic E-state index is 0.152. The molecule has 2 nitrogen and oxygen atoms in total. The molecule has 0 aliphatic heterocycles. The van der Waals surface area contributed by atoms with Crippen LogP contribution in [0.4, 0.5) is 0 Å². The molecule has 102 valence electrons. The van der Waals surface area contributed by atoms with Crippen LogP contribution in [-0.4, -0.2) is 16.5 Å². The topological polar surface area (TPSA) is 37.3 Å². The van der Waals surface area contributed by atoms with Crippen molar-refractivity contribution >= 4 is 5.78 Å². The van der Waals surface area contributed by atoms with Gasteiger partial charge in [0.05, 0.1) is 5.60 Å². The molecular weight excluding hydrogens is 224 g/mol. The molecule has 0 aromatic heterocycles. The molecular formula is C16H26O2. The van der Waals surface area contributed by atoms with Crippen LogP contribution in [0.1, 0.15) is 46.5 Å². The molecule has 0 radical (unpaired) electrons. The summed E-state index contributed by atoms with van der Waals surface area (Å²) < 4.78 is 0. The first-order valence-corrected chi connectivity index (χ1v) is 6.56. The normalized spacial score (nSPS) is 14.2. The molecule has 0 spiro atoms. The second kappa shape index (κ2) is 8.87. The van der Waals surface area contributed by atoms with Crippen LogP contribution in [0.5, 0.6) is 0 Å². The van der Waals surface area contributed by atoms with E-state index in [9.17, 15) is 9.90 Å². The van der Waals surface area contributed by atoms with Gasteiger partial charge in [-0.25, -0.2) is 0 Å². The fraction of sp³-hybridized carbons (Fsp3) is 0.562. The van der Waals surface area contributed by atoms with Crippen LogP contribution in [0.25, 0.3) is 0 Å². The summed E-state index contributed by atoms with van der Waals surface area (Å²) in [7, 11) is 0. The van der Waals surface area contributed by atoms with Gasteiger partial charge in [-0.2, -0.15) is 0 Å². The summed E-state index contributed by atoms with van der Waals surface area (Å²) in [4.78, 5) is 11.6. The first-order valence-electron chi connectivity index (χ1n) is 6.56. The Bertz CT molecular complexity index is 306. The van der Waals surface area contributed by atoms with E-state index >= 15 is 0 Å².